The van der Waals surface area contributed by atoms with Crippen LogP contribution in [0.15, 0.2) is 24.3 Å². The number of ether oxygens (including phenoxy) is 1. The Kier molecular flexibility index (Phi) is 6.39. The number of hydrogen-bond donors (Lipinski definition) is 2. The minimum Gasteiger partial charge on any atom is -0.383 e. The first-order valence-electron chi connectivity index (χ1n) is 6.19. The third-order valence-corrected chi connectivity index (χ3v) is 2.69. The van der Waals surface area contributed by atoms with Gasteiger partial charge in [0.25, 0.3) is 0 Å². The molecular formula is C14H22N2O2. The Morgan fingerprint density at radius 1 is 1.44 bits per heavy atom. The number of rotatable bonds is 7. The van der Waals surface area contributed by atoms with Crippen LogP contribution in [0.3, 0.4) is 0 Å². The zero-order valence-corrected chi connectivity index (χ0v) is 11.3. The molecule has 0 aromatic heterocycles. The second-order valence-corrected chi connectivity index (χ2v) is 4.37. The summed E-state index contributed by atoms with van der Waals surface area (Å²) in [6, 6.07) is 8.19. The fraction of sp³-hybridized carbons (Fsp3) is 0.500. The number of carbonyl (C=O) groups excluding carboxylic acids is 1. The van der Waals surface area contributed by atoms with Gasteiger partial charge in [0.05, 0.1) is 19.2 Å². The smallest absolute Gasteiger partial charge is 0.234 e. The maximum Gasteiger partial charge on any atom is 0.234 e. The summed E-state index contributed by atoms with van der Waals surface area (Å²) < 4.78 is 4.89. The lowest BCUT2D eigenvalue weighted by Crippen LogP contribution is -2.36. The predicted octanol–water partition coefficient (Wildman–Crippen LogP) is 1.41. The van der Waals surface area contributed by atoms with E-state index in [9.17, 15) is 4.79 Å². The number of amides is 1. The lowest BCUT2D eigenvalue weighted by molar-refractivity contribution is -0.120. The minimum atomic E-state index is 0.000101. The van der Waals surface area contributed by atoms with Crippen molar-refractivity contribution in [2.45, 2.75) is 19.9 Å². The number of nitrogens with one attached hydrogen (secondary N) is 2. The van der Waals surface area contributed by atoms with Gasteiger partial charge in [-0.05, 0) is 19.4 Å². The monoisotopic (exact) mass is 250 g/mol. The first-order chi connectivity index (χ1) is 8.63. The molecule has 0 radical (unpaired) electrons. The van der Waals surface area contributed by atoms with Crippen molar-refractivity contribution >= 4 is 5.91 Å². The van der Waals surface area contributed by atoms with Crippen LogP contribution in [0.2, 0.25) is 0 Å². The Morgan fingerprint density at radius 3 is 2.89 bits per heavy atom. The summed E-state index contributed by atoms with van der Waals surface area (Å²) in [7, 11) is 1.64. The highest BCUT2D eigenvalue weighted by Crippen LogP contribution is 2.13. The van der Waals surface area contributed by atoms with Crippen molar-refractivity contribution in [2.75, 3.05) is 26.8 Å². The molecule has 0 saturated carbocycles. The molecule has 0 aliphatic rings. The van der Waals surface area contributed by atoms with E-state index in [0.29, 0.717) is 19.7 Å². The van der Waals surface area contributed by atoms with Crippen LogP contribution in [0, 0.1) is 6.92 Å². The highest BCUT2D eigenvalue weighted by atomic mass is 16.5. The van der Waals surface area contributed by atoms with Crippen LogP contribution < -0.4 is 10.6 Å². The van der Waals surface area contributed by atoms with Gasteiger partial charge in [-0.15, -0.1) is 0 Å². The molecule has 100 valence electrons. The van der Waals surface area contributed by atoms with Crippen molar-refractivity contribution in [3.63, 3.8) is 0 Å². The van der Waals surface area contributed by atoms with Crippen molar-refractivity contribution in [3.05, 3.63) is 35.4 Å². The summed E-state index contributed by atoms with van der Waals surface area (Å²) in [4.78, 5) is 11.7. The van der Waals surface area contributed by atoms with Crippen LogP contribution in [0.25, 0.3) is 0 Å². The van der Waals surface area contributed by atoms with E-state index >= 15 is 0 Å². The lowest BCUT2D eigenvalue weighted by Gasteiger charge is -2.15. The van der Waals surface area contributed by atoms with Crippen LogP contribution in [0.5, 0.6) is 0 Å². The summed E-state index contributed by atoms with van der Waals surface area (Å²) in [5.41, 5.74) is 2.33. The van der Waals surface area contributed by atoms with Crippen molar-refractivity contribution in [1.82, 2.24) is 10.6 Å². The summed E-state index contributed by atoms with van der Waals surface area (Å²) in [6.45, 7) is 5.65. The molecule has 0 fully saturated rings. The van der Waals surface area contributed by atoms with Gasteiger partial charge in [0.2, 0.25) is 5.91 Å². The maximum absolute atomic E-state index is 11.7. The van der Waals surface area contributed by atoms with E-state index in [0.717, 1.165) is 5.56 Å². The van der Waals surface area contributed by atoms with Gasteiger partial charge in [0, 0.05) is 13.7 Å². The lowest BCUT2D eigenvalue weighted by atomic mass is 10.1. The fourth-order valence-corrected chi connectivity index (χ4v) is 1.69. The topological polar surface area (TPSA) is 50.4 Å². The van der Waals surface area contributed by atoms with Crippen LogP contribution >= 0.6 is 0 Å². The first-order valence-corrected chi connectivity index (χ1v) is 6.19. The number of benzene rings is 1. The van der Waals surface area contributed by atoms with Gasteiger partial charge in [-0.2, -0.15) is 0 Å². The van der Waals surface area contributed by atoms with Crippen LogP contribution in [-0.4, -0.2) is 32.7 Å². The van der Waals surface area contributed by atoms with Crippen molar-refractivity contribution in [2.24, 2.45) is 0 Å². The third kappa shape index (κ3) is 5.29. The average Bonchev–Trinajstić information content (AvgIpc) is 2.34. The molecule has 4 nitrogen and oxygen atoms in total. The van der Waals surface area contributed by atoms with Gasteiger partial charge in [-0.1, -0.05) is 29.8 Å². The summed E-state index contributed by atoms with van der Waals surface area (Å²) >= 11 is 0. The number of aryl methyl sites for hydroxylation is 1. The van der Waals surface area contributed by atoms with Gasteiger partial charge in [0.15, 0.2) is 0 Å². The van der Waals surface area contributed by atoms with Gasteiger partial charge in [-0.25, -0.2) is 0 Å². The van der Waals surface area contributed by atoms with Crippen LogP contribution in [0.1, 0.15) is 24.1 Å². The molecule has 4 heteroatoms. The molecule has 0 spiro atoms. The van der Waals surface area contributed by atoms with Crippen LogP contribution in [0.4, 0.5) is 0 Å². The Balaban J connectivity index is 2.35. The molecule has 1 rings (SSSR count). The van der Waals surface area contributed by atoms with Gasteiger partial charge >= 0.3 is 0 Å². The van der Waals surface area contributed by atoms with E-state index in [1.807, 2.05) is 32.0 Å². The summed E-state index contributed by atoms with van der Waals surface area (Å²) in [5.74, 6) is 0.000101. The average molecular weight is 250 g/mol. The van der Waals surface area contributed by atoms with Crippen molar-refractivity contribution in [3.8, 4) is 0 Å². The molecule has 0 saturated heterocycles. The first kappa shape index (κ1) is 14.7. The normalized spacial score (nSPS) is 12.2. The highest BCUT2D eigenvalue weighted by molar-refractivity contribution is 5.78. The van der Waals surface area contributed by atoms with Crippen LogP contribution in [-0.2, 0) is 9.53 Å². The number of methoxy groups -OCH3 is 1. The summed E-state index contributed by atoms with van der Waals surface area (Å²) in [6.07, 6.45) is 0. The SMILES string of the molecule is COCCNCC(=O)N[C@@H](C)c1cccc(C)c1. The third-order valence-electron chi connectivity index (χ3n) is 2.69. The van der Waals surface area contributed by atoms with Crippen molar-refractivity contribution in [1.29, 1.82) is 0 Å². The molecule has 1 aromatic carbocycles. The zero-order chi connectivity index (χ0) is 13.4. The Morgan fingerprint density at radius 2 is 2.22 bits per heavy atom. The maximum atomic E-state index is 11.7. The molecular weight excluding hydrogens is 228 g/mol. The standard InChI is InChI=1S/C14H22N2O2/c1-11-5-4-6-13(9-11)12(2)16-14(17)10-15-7-8-18-3/h4-6,9,12,15H,7-8,10H2,1-3H3,(H,16,17)/t12-/m0/s1. The molecule has 2 N–H and O–H groups in total. The molecule has 1 amide bonds. The van der Waals surface area contributed by atoms with E-state index in [4.69, 9.17) is 4.74 Å². The zero-order valence-electron chi connectivity index (χ0n) is 11.3. The van der Waals surface area contributed by atoms with E-state index < -0.39 is 0 Å². The van der Waals surface area contributed by atoms with Crippen molar-refractivity contribution < 1.29 is 9.53 Å². The van der Waals surface area contributed by atoms with Gasteiger partial charge < -0.3 is 15.4 Å². The second kappa shape index (κ2) is 7.84. The molecule has 18 heavy (non-hydrogen) atoms. The van der Waals surface area contributed by atoms with E-state index in [2.05, 4.69) is 16.7 Å². The second-order valence-electron chi connectivity index (χ2n) is 4.37. The molecule has 0 aliphatic heterocycles. The van der Waals surface area contributed by atoms with Gasteiger partial charge in [0.1, 0.15) is 0 Å². The van der Waals surface area contributed by atoms with Gasteiger partial charge in [-0.3, -0.25) is 4.79 Å². The van der Waals surface area contributed by atoms with E-state index in [1.54, 1.807) is 7.11 Å². The molecule has 0 bridgehead atoms. The molecule has 0 aliphatic carbocycles. The number of hydrogen-bond acceptors (Lipinski definition) is 3. The van der Waals surface area contributed by atoms with E-state index in [1.165, 1.54) is 5.56 Å². The molecule has 1 aromatic rings. The quantitative estimate of drug-likeness (QED) is 0.719. The minimum absolute atomic E-state index is 0.000101. The Hall–Kier alpha value is -1.39. The van der Waals surface area contributed by atoms with E-state index in [-0.39, 0.29) is 11.9 Å². The predicted molar refractivity (Wildman–Crippen MR) is 72.5 cm³/mol. The Labute approximate surface area is 109 Å². The summed E-state index contributed by atoms with van der Waals surface area (Å²) in [5, 5.41) is 5.98. The Bertz CT molecular complexity index is 380. The largest absolute Gasteiger partial charge is 0.383 e. The molecule has 0 heterocycles. The molecule has 0 unspecified atom stereocenters. The highest BCUT2D eigenvalue weighted by Gasteiger charge is 2.08. The molecule has 1 atom stereocenters. The fourth-order valence-electron chi connectivity index (χ4n) is 1.69. The number of carbonyl (C=O) groups is 1.